The standard InChI is InChI=1S/C15H28O4/c1-3-5-6-7-8-9-10-11-13-15(17)19-18-14(16)12-4-2/h3-13H2,1-2H3. The van der Waals surface area contributed by atoms with E-state index in [9.17, 15) is 9.59 Å². The van der Waals surface area contributed by atoms with Crippen LogP contribution in [0.4, 0.5) is 0 Å². The van der Waals surface area contributed by atoms with Gasteiger partial charge in [-0.25, -0.2) is 19.4 Å². The third-order valence-electron chi connectivity index (χ3n) is 2.92. The quantitative estimate of drug-likeness (QED) is 0.319. The van der Waals surface area contributed by atoms with E-state index < -0.39 is 11.9 Å². The fraction of sp³-hybridized carbons (Fsp3) is 0.867. The van der Waals surface area contributed by atoms with Gasteiger partial charge in [0.15, 0.2) is 0 Å². The van der Waals surface area contributed by atoms with E-state index in [1.807, 2.05) is 6.92 Å². The number of hydrogen-bond donors (Lipinski definition) is 0. The van der Waals surface area contributed by atoms with Crippen LogP contribution in [0.25, 0.3) is 0 Å². The average molecular weight is 272 g/mol. The summed E-state index contributed by atoms with van der Waals surface area (Å²) >= 11 is 0. The highest BCUT2D eigenvalue weighted by atomic mass is 17.2. The first-order chi connectivity index (χ1) is 9.20. The van der Waals surface area contributed by atoms with Crippen molar-refractivity contribution in [2.45, 2.75) is 84.5 Å². The van der Waals surface area contributed by atoms with Gasteiger partial charge in [0, 0.05) is 6.42 Å². The third kappa shape index (κ3) is 13.2. The molecule has 0 N–H and O–H groups in total. The predicted molar refractivity (Wildman–Crippen MR) is 74.3 cm³/mol. The maximum absolute atomic E-state index is 11.2. The number of unbranched alkanes of at least 4 members (excludes halogenated alkanes) is 7. The molecule has 0 bridgehead atoms. The molecule has 4 heteroatoms. The number of carbonyl (C=O) groups is 2. The molecule has 0 aromatic rings. The van der Waals surface area contributed by atoms with E-state index in [4.69, 9.17) is 0 Å². The fourth-order valence-corrected chi connectivity index (χ4v) is 1.78. The lowest BCUT2D eigenvalue weighted by Crippen LogP contribution is -2.10. The minimum atomic E-state index is -0.480. The highest BCUT2D eigenvalue weighted by Crippen LogP contribution is 2.10. The molecule has 0 fully saturated rings. The SMILES string of the molecule is CCCCCCCCCCC(=O)OOC(=O)CCC. The molecule has 0 saturated carbocycles. The molecular formula is C15H28O4. The van der Waals surface area contributed by atoms with Crippen molar-refractivity contribution in [2.75, 3.05) is 0 Å². The van der Waals surface area contributed by atoms with Crippen molar-refractivity contribution in [1.82, 2.24) is 0 Å². The first-order valence-corrected chi connectivity index (χ1v) is 7.60. The summed E-state index contributed by atoms with van der Waals surface area (Å²) in [7, 11) is 0. The lowest BCUT2D eigenvalue weighted by molar-refractivity contribution is -0.259. The molecule has 0 aliphatic carbocycles. The van der Waals surface area contributed by atoms with Crippen molar-refractivity contribution in [3.63, 3.8) is 0 Å². The molecule has 0 saturated heterocycles. The van der Waals surface area contributed by atoms with E-state index >= 15 is 0 Å². The van der Waals surface area contributed by atoms with Crippen molar-refractivity contribution in [2.24, 2.45) is 0 Å². The zero-order valence-electron chi connectivity index (χ0n) is 12.4. The van der Waals surface area contributed by atoms with Gasteiger partial charge in [0.1, 0.15) is 0 Å². The predicted octanol–water partition coefficient (Wildman–Crippen LogP) is 4.32. The molecule has 0 heterocycles. The summed E-state index contributed by atoms with van der Waals surface area (Å²) in [6.07, 6.45) is 10.7. The smallest absolute Gasteiger partial charge is 0.247 e. The van der Waals surface area contributed by atoms with Crippen LogP contribution in [0.5, 0.6) is 0 Å². The average Bonchev–Trinajstić information content (AvgIpc) is 2.40. The van der Waals surface area contributed by atoms with Crippen LogP contribution in [-0.4, -0.2) is 11.9 Å². The highest BCUT2D eigenvalue weighted by Gasteiger charge is 2.08. The Morgan fingerprint density at radius 1 is 0.632 bits per heavy atom. The van der Waals surface area contributed by atoms with E-state index in [1.54, 1.807) is 0 Å². The van der Waals surface area contributed by atoms with Crippen molar-refractivity contribution in [3.05, 3.63) is 0 Å². The summed E-state index contributed by atoms with van der Waals surface area (Å²) in [5.41, 5.74) is 0. The number of hydrogen-bond acceptors (Lipinski definition) is 4. The summed E-state index contributed by atoms with van der Waals surface area (Å²) in [5.74, 6) is -0.929. The van der Waals surface area contributed by atoms with E-state index in [0.29, 0.717) is 12.8 Å². The Morgan fingerprint density at radius 2 is 1.11 bits per heavy atom. The van der Waals surface area contributed by atoms with Gasteiger partial charge in [-0.05, 0) is 12.8 Å². The Kier molecular flexibility index (Phi) is 12.6. The lowest BCUT2D eigenvalue weighted by Gasteiger charge is -2.03. The van der Waals surface area contributed by atoms with Gasteiger partial charge in [0.05, 0.1) is 6.42 Å². The molecule has 0 atom stereocenters. The van der Waals surface area contributed by atoms with Gasteiger partial charge in [-0.3, -0.25) is 0 Å². The van der Waals surface area contributed by atoms with Crippen LogP contribution in [0.15, 0.2) is 0 Å². The molecule has 0 aliphatic heterocycles. The second-order valence-corrected chi connectivity index (χ2v) is 4.89. The van der Waals surface area contributed by atoms with Crippen molar-refractivity contribution in [3.8, 4) is 0 Å². The number of carbonyl (C=O) groups excluding carboxylic acids is 2. The zero-order valence-corrected chi connectivity index (χ0v) is 12.4. The molecule has 112 valence electrons. The molecule has 19 heavy (non-hydrogen) atoms. The molecule has 0 amide bonds. The summed E-state index contributed by atoms with van der Waals surface area (Å²) in [6, 6.07) is 0. The molecule has 4 nitrogen and oxygen atoms in total. The van der Waals surface area contributed by atoms with Gasteiger partial charge in [-0.15, -0.1) is 0 Å². The monoisotopic (exact) mass is 272 g/mol. The van der Waals surface area contributed by atoms with E-state index in [-0.39, 0.29) is 6.42 Å². The Balaban J connectivity index is 3.27. The molecule has 0 aliphatic rings. The van der Waals surface area contributed by atoms with Gasteiger partial charge in [-0.1, -0.05) is 58.8 Å². The summed E-state index contributed by atoms with van der Waals surface area (Å²) in [5, 5.41) is 0. The maximum atomic E-state index is 11.2. The van der Waals surface area contributed by atoms with E-state index in [1.165, 1.54) is 32.1 Å². The second kappa shape index (κ2) is 13.4. The maximum Gasteiger partial charge on any atom is 0.355 e. The highest BCUT2D eigenvalue weighted by molar-refractivity contribution is 5.72. The Labute approximate surface area is 116 Å². The molecule has 0 unspecified atom stereocenters. The van der Waals surface area contributed by atoms with Crippen LogP contribution in [0.3, 0.4) is 0 Å². The third-order valence-corrected chi connectivity index (χ3v) is 2.92. The van der Waals surface area contributed by atoms with Crippen LogP contribution < -0.4 is 0 Å². The Hall–Kier alpha value is -1.06. The van der Waals surface area contributed by atoms with Gasteiger partial charge in [0.2, 0.25) is 0 Å². The Morgan fingerprint density at radius 3 is 1.63 bits per heavy atom. The molecule has 0 aromatic carbocycles. The molecule has 0 radical (unpaired) electrons. The van der Waals surface area contributed by atoms with Crippen LogP contribution in [0.1, 0.15) is 84.5 Å². The topological polar surface area (TPSA) is 52.6 Å². The van der Waals surface area contributed by atoms with Crippen molar-refractivity contribution < 1.29 is 19.4 Å². The molecule has 0 spiro atoms. The van der Waals surface area contributed by atoms with Crippen LogP contribution in [0, 0.1) is 0 Å². The number of rotatable bonds is 11. The lowest BCUT2D eigenvalue weighted by atomic mass is 10.1. The summed E-state index contributed by atoms with van der Waals surface area (Å²) < 4.78 is 0. The van der Waals surface area contributed by atoms with E-state index in [2.05, 4.69) is 16.7 Å². The fourth-order valence-electron chi connectivity index (χ4n) is 1.78. The van der Waals surface area contributed by atoms with Crippen LogP contribution >= 0.6 is 0 Å². The van der Waals surface area contributed by atoms with Crippen LogP contribution in [-0.2, 0) is 19.4 Å². The second-order valence-electron chi connectivity index (χ2n) is 4.89. The first-order valence-electron chi connectivity index (χ1n) is 7.60. The Bertz CT molecular complexity index is 238. The summed E-state index contributed by atoms with van der Waals surface area (Å²) in [4.78, 5) is 31.0. The minimum absolute atomic E-state index is 0.283. The van der Waals surface area contributed by atoms with Crippen LogP contribution in [0.2, 0.25) is 0 Å². The van der Waals surface area contributed by atoms with Gasteiger partial charge < -0.3 is 0 Å². The van der Waals surface area contributed by atoms with Gasteiger partial charge >= 0.3 is 11.9 Å². The van der Waals surface area contributed by atoms with Crippen molar-refractivity contribution >= 4 is 11.9 Å². The summed E-state index contributed by atoms with van der Waals surface area (Å²) in [6.45, 7) is 4.07. The van der Waals surface area contributed by atoms with Gasteiger partial charge in [-0.2, -0.15) is 0 Å². The molecule has 0 rings (SSSR count). The largest absolute Gasteiger partial charge is 0.355 e. The normalized spacial score (nSPS) is 10.2. The minimum Gasteiger partial charge on any atom is -0.247 e. The van der Waals surface area contributed by atoms with E-state index in [0.717, 1.165) is 19.3 Å². The zero-order chi connectivity index (χ0) is 14.3. The first kappa shape index (κ1) is 17.9. The van der Waals surface area contributed by atoms with Gasteiger partial charge in [0.25, 0.3) is 0 Å². The molecule has 0 aromatic heterocycles. The van der Waals surface area contributed by atoms with Crippen molar-refractivity contribution in [1.29, 1.82) is 0 Å². The molecular weight excluding hydrogens is 244 g/mol.